The number of aliphatic carboxylic acids is 1. The summed E-state index contributed by atoms with van der Waals surface area (Å²) in [7, 11) is 0. The lowest BCUT2D eigenvalue weighted by molar-refractivity contribution is -0.150. The van der Waals surface area contributed by atoms with Crippen LogP contribution in [-0.2, 0) is 9.53 Å². The van der Waals surface area contributed by atoms with Gasteiger partial charge in [0, 0.05) is 6.61 Å². The average Bonchev–Trinajstić information content (AvgIpc) is 1.88. The summed E-state index contributed by atoms with van der Waals surface area (Å²) in [5.74, 6) is -1.02. The van der Waals surface area contributed by atoms with Crippen LogP contribution in [0.2, 0.25) is 0 Å². The number of carbonyl (C=O) groups is 1. The number of ether oxygens (including phenoxy) is 1. The summed E-state index contributed by atoms with van der Waals surface area (Å²) in [6.45, 7) is 2.10. The highest BCUT2D eigenvalue weighted by atomic mass is 79.9. The molecule has 5 heteroatoms. The van der Waals surface area contributed by atoms with Gasteiger partial charge in [-0.3, -0.25) is 0 Å². The Kier molecular flexibility index (Phi) is 4.47. The van der Waals surface area contributed by atoms with Crippen molar-refractivity contribution in [3.05, 3.63) is 0 Å². The summed E-state index contributed by atoms with van der Waals surface area (Å²) in [6, 6.07) is 0. The smallest absolute Gasteiger partial charge is 0.348 e. The largest absolute Gasteiger partial charge is 0.478 e. The maximum atomic E-state index is 10.4. The van der Waals surface area contributed by atoms with E-state index in [1.165, 1.54) is 0 Å². The zero-order valence-corrected chi connectivity index (χ0v) is 8.61. The zero-order valence-electron chi connectivity index (χ0n) is 5.43. The van der Waals surface area contributed by atoms with Crippen LogP contribution in [0.25, 0.3) is 0 Å². The molecule has 10 heavy (non-hydrogen) atoms. The van der Waals surface area contributed by atoms with Crippen molar-refractivity contribution in [3.8, 4) is 0 Å². The summed E-state index contributed by atoms with van der Waals surface area (Å²) < 4.78 is 3.65. The molecule has 0 amide bonds. The molecule has 0 spiro atoms. The van der Waals surface area contributed by atoms with Gasteiger partial charge in [-0.15, -0.1) is 0 Å². The molecule has 0 aliphatic heterocycles. The first-order chi connectivity index (χ1) is 4.56. The van der Waals surface area contributed by atoms with Crippen LogP contribution < -0.4 is 0 Å². The molecule has 0 aliphatic carbocycles. The minimum atomic E-state index is -1.26. The molecule has 0 radical (unpaired) electrons. The van der Waals surface area contributed by atoms with E-state index < -0.39 is 10.5 Å². The SMILES string of the molecule is CCOC(Br)(CBr)C(=O)O. The Morgan fingerprint density at radius 3 is 2.40 bits per heavy atom. The normalized spacial score (nSPS) is 16.3. The molecule has 0 fully saturated rings. The molecule has 1 N–H and O–H groups in total. The summed E-state index contributed by atoms with van der Waals surface area (Å²) in [5.41, 5.74) is 0. The van der Waals surface area contributed by atoms with Crippen LogP contribution in [0.15, 0.2) is 0 Å². The maximum absolute atomic E-state index is 10.4. The fourth-order valence-electron chi connectivity index (χ4n) is 0.386. The maximum Gasteiger partial charge on any atom is 0.348 e. The molecule has 0 saturated heterocycles. The first-order valence-electron chi connectivity index (χ1n) is 2.69. The van der Waals surface area contributed by atoms with Crippen LogP contribution in [-0.4, -0.2) is 27.5 Å². The molecule has 0 aromatic heterocycles. The van der Waals surface area contributed by atoms with Crippen LogP contribution >= 0.6 is 31.9 Å². The molecule has 0 heterocycles. The van der Waals surface area contributed by atoms with Crippen molar-refractivity contribution in [2.75, 3.05) is 11.9 Å². The Balaban J connectivity index is 4.08. The number of carboxylic acid groups (broad SMARTS) is 1. The van der Waals surface area contributed by atoms with E-state index in [9.17, 15) is 4.79 Å². The number of hydrogen-bond donors (Lipinski definition) is 1. The summed E-state index contributed by atoms with van der Waals surface area (Å²) in [4.78, 5) is 10.4. The van der Waals surface area contributed by atoms with Crippen molar-refractivity contribution in [2.24, 2.45) is 0 Å². The monoisotopic (exact) mass is 274 g/mol. The second-order valence-corrected chi connectivity index (χ2v) is 3.44. The third-order valence-corrected chi connectivity index (χ3v) is 3.25. The number of hydrogen-bond acceptors (Lipinski definition) is 2. The van der Waals surface area contributed by atoms with E-state index in [4.69, 9.17) is 9.84 Å². The van der Waals surface area contributed by atoms with Crippen molar-refractivity contribution in [3.63, 3.8) is 0 Å². The highest BCUT2D eigenvalue weighted by molar-refractivity contribution is 9.12. The fraction of sp³-hybridized carbons (Fsp3) is 0.800. The third-order valence-electron chi connectivity index (χ3n) is 0.864. The Hall–Kier alpha value is 0.390. The molecule has 0 aromatic carbocycles. The number of alkyl halides is 2. The fourth-order valence-corrected chi connectivity index (χ4v) is 1.02. The van der Waals surface area contributed by atoms with E-state index in [0.29, 0.717) is 6.61 Å². The highest BCUT2D eigenvalue weighted by Gasteiger charge is 2.34. The molecule has 1 unspecified atom stereocenters. The summed E-state index contributed by atoms with van der Waals surface area (Å²) in [5, 5.41) is 8.79. The standard InChI is InChI=1S/C5H8Br2O3/c1-2-10-5(7,3-6)4(8)9/h2-3H2,1H3,(H,8,9). The topological polar surface area (TPSA) is 46.5 Å². The molecule has 1 atom stereocenters. The van der Waals surface area contributed by atoms with E-state index in [1.807, 2.05) is 0 Å². The number of rotatable bonds is 4. The Bertz CT molecular complexity index is 128. The van der Waals surface area contributed by atoms with Gasteiger partial charge in [0.2, 0.25) is 4.51 Å². The second kappa shape index (κ2) is 4.31. The van der Waals surface area contributed by atoms with Gasteiger partial charge in [-0.05, 0) is 22.9 Å². The van der Waals surface area contributed by atoms with Gasteiger partial charge in [-0.1, -0.05) is 15.9 Å². The van der Waals surface area contributed by atoms with Crippen LogP contribution in [0.1, 0.15) is 6.92 Å². The predicted molar refractivity (Wildman–Crippen MR) is 44.7 cm³/mol. The average molecular weight is 276 g/mol. The zero-order chi connectivity index (χ0) is 8.20. The van der Waals surface area contributed by atoms with Crippen LogP contribution in [0.5, 0.6) is 0 Å². The van der Waals surface area contributed by atoms with Gasteiger partial charge >= 0.3 is 5.97 Å². The third kappa shape index (κ3) is 2.56. The van der Waals surface area contributed by atoms with Crippen molar-refractivity contribution in [1.82, 2.24) is 0 Å². The van der Waals surface area contributed by atoms with Gasteiger partial charge in [0.15, 0.2) is 0 Å². The van der Waals surface area contributed by atoms with E-state index in [0.717, 1.165) is 0 Å². The van der Waals surface area contributed by atoms with E-state index >= 15 is 0 Å². The first kappa shape index (κ1) is 10.4. The number of carboxylic acids is 1. The molecule has 0 aromatic rings. The second-order valence-electron chi connectivity index (χ2n) is 1.60. The van der Waals surface area contributed by atoms with Crippen molar-refractivity contribution < 1.29 is 14.6 Å². The summed E-state index contributed by atoms with van der Waals surface area (Å²) >= 11 is 5.96. The van der Waals surface area contributed by atoms with Crippen molar-refractivity contribution >= 4 is 37.8 Å². The predicted octanol–water partition coefficient (Wildman–Crippen LogP) is 1.59. The van der Waals surface area contributed by atoms with E-state index in [2.05, 4.69) is 31.9 Å². The van der Waals surface area contributed by atoms with Crippen LogP contribution in [0.3, 0.4) is 0 Å². The molecule has 0 saturated carbocycles. The van der Waals surface area contributed by atoms with E-state index in [-0.39, 0.29) is 5.33 Å². The highest BCUT2D eigenvalue weighted by Crippen LogP contribution is 2.22. The molecule has 3 nitrogen and oxygen atoms in total. The lowest BCUT2D eigenvalue weighted by atomic mass is 10.4. The Labute approximate surface area is 76.0 Å². The van der Waals surface area contributed by atoms with Gasteiger partial charge in [-0.25, -0.2) is 4.79 Å². The van der Waals surface area contributed by atoms with Crippen molar-refractivity contribution in [1.29, 1.82) is 0 Å². The first-order valence-corrected chi connectivity index (χ1v) is 4.60. The quantitative estimate of drug-likeness (QED) is 0.793. The lowest BCUT2D eigenvalue weighted by Gasteiger charge is -2.18. The van der Waals surface area contributed by atoms with Crippen LogP contribution in [0.4, 0.5) is 0 Å². The molecular weight excluding hydrogens is 268 g/mol. The van der Waals surface area contributed by atoms with Gasteiger partial charge in [0.05, 0.1) is 5.33 Å². The van der Waals surface area contributed by atoms with Crippen LogP contribution in [0, 0.1) is 0 Å². The molecule has 60 valence electrons. The molecular formula is C5H8Br2O3. The minimum absolute atomic E-state index is 0.225. The molecule has 0 bridgehead atoms. The number of halogens is 2. The minimum Gasteiger partial charge on any atom is -0.478 e. The summed E-state index contributed by atoms with van der Waals surface area (Å²) in [6.07, 6.45) is 0. The molecule has 0 rings (SSSR count). The lowest BCUT2D eigenvalue weighted by Crippen LogP contribution is -2.36. The van der Waals surface area contributed by atoms with Gasteiger partial charge in [0.25, 0.3) is 0 Å². The van der Waals surface area contributed by atoms with Gasteiger partial charge in [-0.2, -0.15) is 0 Å². The van der Waals surface area contributed by atoms with Gasteiger partial charge < -0.3 is 9.84 Å². The Morgan fingerprint density at radius 2 is 2.30 bits per heavy atom. The van der Waals surface area contributed by atoms with Gasteiger partial charge in [0.1, 0.15) is 0 Å². The molecule has 0 aliphatic rings. The van der Waals surface area contributed by atoms with Crippen molar-refractivity contribution in [2.45, 2.75) is 11.4 Å². The van der Waals surface area contributed by atoms with E-state index in [1.54, 1.807) is 6.92 Å². The Morgan fingerprint density at radius 1 is 1.80 bits per heavy atom.